The predicted octanol–water partition coefficient (Wildman–Crippen LogP) is 4.97. The largest absolute Gasteiger partial charge is 0.481 e. The number of carbonyl (C=O) groups is 2. The summed E-state index contributed by atoms with van der Waals surface area (Å²) in [6.07, 6.45) is 1.13. The number of aliphatic hydroxyl groups excluding tert-OH is 1. The Kier molecular flexibility index (Phi) is 11.3. The summed E-state index contributed by atoms with van der Waals surface area (Å²) in [5.74, 6) is -0.295. The molecule has 3 atom stereocenters. The molecule has 0 spiro atoms. The SMILES string of the molecule is Cn1nnnc1SC[C@H]1C[C@@H](c2ccc(CO)cc2)O[C@@H](c2ccc(-c3ccccc3CNC(=O)CCCCC(=O)O)cc2)O1. The number of carboxylic acids is 1. The Morgan fingerprint density at radius 3 is 2.42 bits per heavy atom. The topological polar surface area (TPSA) is 149 Å². The van der Waals surface area contributed by atoms with Crippen LogP contribution in [0.15, 0.2) is 78.0 Å². The first-order valence-corrected chi connectivity index (χ1v) is 15.9. The standard InChI is InChI=1S/C33H37N5O6S/c1-38-33(35-36-37-38)45-21-27-18-29(24-12-10-22(20-39)11-13-24)44-32(43-27)25-16-14-23(15-17-25)28-7-3-2-6-26(28)19-34-30(40)8-4-5-9-31(41)42/h2-3,6-7,10-17,27,29,32,39H,4-5,8-9,18-21H2,1H3,(H,34,40)(H,41,42)/t27-,29+,32+/m1/s1. The van der Waals surface area contributed by atoms with Crippen molar-refractivity contribution in [2.24, 2.45) is 7.05 Å². The van der Waals surface area contributed by atoms with Gasteiger partial charge in [0, 0.05) is 44.2 Å². The lowest BCUT2D eigenvalue weighted by atomic mass is 9.97. The molecule has 12 heteroatoms. The summed E-state index contributed by atoms with van der Waals surface area (Å²) >= 11 is 1.53. The molecule has 11 nitrogen and oxygen atoms in total. The molecule has 0 saturated carbocycles. The second kappa shape index (κ2) is 15.8. The maximum atomic E-state index is 12.3. The van der Waals surface area contributed by atoms with Crippen molar-refractivity contribution in [2.75, 3.05) is 5.75 Å². The fraction of sp³-hybridized carbons (Fsp3) is 0.364. The van der Waals surface area contributed by atoms with Crippen molar-refractivity contribution >= 4 is 23.6 Å². The monoisotopic (exact) mass is 631 g/mol. The van der Waals surface area contributed by atoms with Gasteiger partial charge in [0.2, 0.25) is 11.1 Å². The third kappa shape index (κ3) is 8.98. The maximum Gasteiger partial charge on any atom is 0.303 e. The minimum absolute atomic E-state index is 0.0149. The van der Waals surface area contributed by atoms with Crippen molar-refractivity contribution in [3.63, 3.8) is 0 Å². The van der Waals surface area contributed by atoms with Crippen LogP contribution in [0.2, 0.25) is 0 Å². The van der Waals surface area contributed by atoms with Crippen molar-refractivity contribution in [2.45, 2.75) is 68.9 Å². The smallest absolute Gasteiger partial charge is 0.303 e. The van der Waals surface area contributed by atoms with Crippen LogP contribution in [0.1, 0.15) is 66.8 Å². The Labute approximate surface area is 266 Å². The number of thioether (sulfide) groups is 1. The van der Waals surface area contributed by atoms with Crippen LogP contribution in [0, 0.1) is 0 Å². The fourth-order valence-corrected chi connectivity index (χ4v) is 6.02. The Balaban J connectivity index is 1.27. The molecule has 0 bridgehead atoms. The molecule has 0 radical (unpaired) electrons. The second-order valence-corrected chi connectivity index (χ2v) is 11.9. The van der Waals surface area contributed by atoms with Crippen LogP contribution in [0.3, 0.4) is 0 Å². The molecule has 45 heavy (non-hydrogen) atoms. The molecule has 0 unspecified atom stereocenters. The number of aryl methyl sites for hydroxylation is 1. The van der Waals surface area contributed by atoms with Crippen LogP contribution >= 0.6 is 11.8 Å². The minimum atomic E-state index is -0.847. The average Bonchev–Trinajstić information content (AvgIpc) is 3.49. The third-order valence-corrected chi connectivity index (χ3v) is 8.77. The number of hydrogen-bond donors (Lipinski definition) is 3. The van der Waals surface area contributed by atoms with Gasteiger partial charge in [0.05, 0.1) is 18.8 Å². The van der Waals surface area contributed by atoms with E-state index in [0.29, 0.717) is 43.1 Å². The molecule has 1 aliphatic rings. The van der Waals surface area contributed by atoms with Gasteiger partial charge in [-0.05, 0) is 51.1 Å². The Bertz CT molecular complexity index is 1560. The van der Waals surface area contributed by atoms with Crippen LogP contribution in [0.25, 0.3) is 11.1 Å². The summed E-state index contributed by atoms with van der Waals surface area (Å²) < 4.78 is 14.6. The number of aliphatic carboxylic acids is 1. The highest BCUT2D eigenvalue weighted by atomic mass is 32.2. The van der Waals surface area contributed by atoms with Crippen molar-refractivity contribution in [3.8, 4) is 11.1 Å². The number of nitrogens with zero attached hydrogens (tertiary/aromatic N) is 4. The van der Waals surface area contributed by atoms with Crippen LogP contribution in [0.5, 0.6) is 0 Å². The quantitative estimate of drug-likeness (QED) is 0.129. The highest BCUT2D eigenvalue weighted by Crippen LogP contribution is 2.39. The van der Waals surface area contributed by atoms with Crippen LogP contribution in [0.4, 0.5) is 0 Å². The van der Waals surface area contributed by atoms with Crippen molar-refractivity contribution in [1.29, 1.82) is 0 Å². The number of aliphatic hydroxyl groups is 1. The van der Waals surface area contributed by atoms with Gasteiger partial charge in [-0.3, -0.25) is 9.59 Å². The van der Waals surface area contributed by atoms with Gasteiger partial charge >= 0.3 is 5.97 Å². The van der Waals surface area contributed by atoms with Gasteiger partial charge in [-0.2, -0.15) is 0 Å². The highest BCUT2D eigenvalue weighted by molar-refractivity contribution is 7.99. The molecule has 5 rings (SSSR count). The fourth-order valence-electron chi connectivity index (χ4n) is 5.15. The summed E-state index contributed by atoms with van der Waals surface area (Å²) in [7, 11) is 1.81. The first-order chi connectivity index (χ1) is 21.9. The van der Waals surface area contributed by atoms with E-state index in [4.69, 9.17) is 14.6 Å². The average molecular weight is 632 g/mol. The zero-order chi connectivity index (χ0) is 31.6. The Morgan fingerprint density at radius 2 is 1.71 bits per heavy atom. The Hall–Kier alpha value is -4.10. The van der Waals surface area contributed by atoms with E-state index >= 15 is 0 Å². The number of benzene rings is 3. The van der Waals surface area contributed by atoms with Gasteiger partial charge in [-0.25, -0.2) is 4.68 Å². The number of amides is 1. The number of nitrogens with one attached hydrogen (secondary N) is 1. The first kappa shape index (κ1) is 32.3. The first-order valence-electron chi connectivity index (χ1n) is 14.9. The van der Waals surface area contributed by atoms with Gasteiger partial charge < -0.3 is 25.0 Å². The van der Waals surface area contributed by atoms with Gasteiger partial charge in [0.1, 0.15) is 0 Å². The number of unbranched alkanes of at least 4 members (excludes halogenated alkanes) is 1. The second-order valence-electron chi connectivity index (χ2n) is 10.9. The molecular formula is C33H37N5O6S. The van der Waals surface area contributed by atoms with E-state index in [2.05, 4.69) is 20.8 Å². The molecule has 4 aromatic rings. The molecule has 1 amide bonds. The molecule has 236 valence electrons. The minimum Gasteiger partial charge on any atom is -0.481 e. The molecule has 3 N–H and O–H groups in total. The van der Waals surface area contributed by atoms with Gasteiger partial charge in [0.25, 0.3) is 0 Å². The summed E-state index contributed by atoms with van der Waals surface area (Å²) in [5.41, 5.74) is 5.74. The van der Waals surface area contributed by atoms with E-state index in [1.807, 2.05) is 72.8 Å². The lowest BCUT2D eigenvalue weighted by Crippen LogP contribution is -2.31. The maximum absolute atomic E-state index is 12.3. The number of rotatable bonds is 14. The summed E-state index contributed by atoms with van der Waals surface area (Å²) in [5, 5.41) is 33.6. The number of aromatic nitrogens is 4. The van der Waals surface area contributed by atoms with Crippen LogP contribution in [-0.4, -0.2) is 54.2 Å². The Morgan fingerprint density at radius 1 is 0.978 bits per heavy atom. The molecule has 3 aromatic carbocycles. The number of carboxylic acid groups (broad SMARTS) is 1. The van der Waals surface area contributed by atoms with E-state index < -0.39 is 12.3 Å². The van der Waals surface area contributed by atoms with E-state index in [9.17, 15) is 14.7 Å². The lowest BCUT2D eigenvalue weighted by Gasteiger charge is -2.36. The predicted molar refractivity (Wildman–Crippen MR) is 168 cm³/mol. The third-order valence-electron chi connectivity index (χ3n) is 7.63. The number of tetrazole rings is 1. The van der Waals surface area contributed by atoms with Crippen molar-refractivity contribution < 1.29 is 29.3 Å². The number of ether oxygens (including phenoxy) is 2. The molecule has 2 heterocycles. The number of carbonyl (C=O) groups excluding carboxylic acids is 1. The molecular weight excluding hydrogens is 594 g/mol. The molecule has 1 fully saturated rings. The highest BCUT2D eigenvalue weighted by Gasteiger charge is 2.32. The van der Waals surface area contributed by atoms with Gasteiger partial charge in [0.15, 0.2) is 6.29 Å². The number of hydrogen-bond acceptors (Lipinski definition) is 9. The zero-order valence-corrected chi connectivity index (χ0v) is 25.9. The van der Waals surface area contributed by atoms with Gasteiger partial charge in [-0.15, -0.1) is 5.10 Å². The van der Waals surface area contributed by atoms with Crippen LogP contribution < -0.4 is 5.32 Å². The summed E-state index contributed by atoms with van der Waals surface area (Å²) in [4.78, 5) is 23.0. The van der Waals surface area contributed by atoms with E-state index in [1.165, 1.54) is 11.8 Å². The van der Waals surface area contributed by atoms with Crippen molar-refractivity contribution in [1.82, 2.24) is 25.5 Å². The lowest BCUT2D eigenvalue weighted by molar-refractivity contribution is -0.245. The van der Waals surface area contributed by atoms with Crippen LogP contribution in [-0.2, 0) is 39.3 Å². The van der Waals surface area contributed by atoms with E-state index in [1.54, 1.807) is 11.7 Å². The zero-order valence-electron chi connectivity index (χ0n) is 25.0. The normalized spacial score (nSPS) is 18.0. The molecule has 1 aromatic heterocycles. The summed E-state index contributed by atoms with van der Waals surface area (Å²) in [6, 6.07) is 23.8. The molecule has 1 saturated heterocycles. The summed E-state index contributed by atoms with van der Waals surface area (Å²) in [6.45, 7) is 0.362. The van der Waals surface area contributed by atoms with E-state index in [-0.39, 0.29) is 31.1 Å². The van der Waals surface area contributed by atoms with Gasteiger partial charge in [-0.1, -0.05) is 84.6 Å². The molecule has 1 aliphatic heterocycles. The van der Waals surface area contributed by atoms with Crippen molar-refractivity contribution in [3.05, 3.63) is 95.1 Å². The molecule has 0 aliphatic carbocycles. The van der Waals surface area contributed by atoms with E-state index in [0.717, 1.165) is 33.4 Å².